The molecule has 1 aliphatic rings. The molecule has 24 heavy (non-hydrogen) atoms. The van der Waals surface area contributed by atoms with Gasteiger partial charge in [-0.3, -0.25) is 4.90 Å². The first kappa shape index (κ1) is 17.9. The zero-order valence-corrected chi connectivity index (χ0v) is 16.9. The molecular weight excluding hydrogens is 432 g/mol. The van der Waals surface area contributed by atoms with E-state index in [2.05, 4.69) is 72.4 Å². The predicted molar refractivity (Wildman–Crippen MR) is 106 cm³/mol. The number of hydrogen-bond acceptors (Lipinski definition) is 3. The fourth-order valence-electron chi connectivity index (χ4n) is 3.31. The lowest BCUT2D eigenvalue weighted by Gasteiger charge is -2.32. The molecule has 0 spiro atoms. The Hall–Kier alpha value is -0.880. The fraction of sp³-hybridized carbons (Fsp3) is 0.368. The van der Waals surface area contributed by atoms with Gasteiger partial charge in [0.15, 0.2) is 0 Å². The molecule has 1 atom stereocenters. The highest BCUT2D eigenvalue weighted by Gasteiger charge is 2.26. The molecule has 0 amide bonds. The van der Waals surface area contributed by atoms with Crippen LogP contribution in [0.5, 0.6) is 5.75 Å². The monoisotopic (exact) mass is 452 g/mol. The van der Waals surface area contributed by atoms with Gasteiger partial charge in [0.05, 0.1) is 13.2 Å². The minimum Gasteiger partial charge on any atom is -0.496 e. The van der Waals surface area contributed by atoms with E-state index in [0.29, 0.717) is 0 Å². The summed E-state index contributed by atoms with van der Waals surface area (Å²) in [5.41, 5.74) is 2.48. The molecule has 0 aromatic heterocycles. The van der Waals surface area contributed by atoms with E-state index < -0.39 is 0 Å². The van der Waals surface area contributed by atoms with E-state index in [-0.39, 0.29) is 6.04 Å². The van der Waals surface area contributed by atoms with E-state index in [1.165, 1.54) is 11.1 Å². The van der Waals surface area contributed by atoms with Gasteiger partial charge in [-0.15, -0.1) is 0 Å². The van der Waals surface area contributed by atoms with Crippen molar-refractivity contribution < 1.29 is 4.74 Å². The highest BCUT2D eigenvalue weighted by molar-refractivity contribution is 9.10. The second-order valence-corrected chi connectivity index (χ2v) is 7.81. The molecule has 0 bridgehead atoms. The van der Waals surface area contributed by atoms with Crippen LogP contribution < -0.4 is 10.1 Å². The van der Waals surface area contributed by atoms with Gasteiger partial charge in [0, 0.05) is 34.1 Å². The molecule has 1 saturated heterocycles. The van der Waals surface area contributed by atoms with Gasteiger partial charge in [0.1, 0.15) is 5.75 Å². The number of nitrogens with one attached hydrogen (secondary N) is 1. The quantitative estimate of drug-likeness (QED) is 0.731. The summed E-state index contributed by atoms with van der Waals surface area (Å²) in [6.45, 7) is 4.19. The Morgan fingerprint density at radius 3 is 2.67 bits per heavy atom. The summed E-state index contributed by atoms with van der Waals surface area (Å²) < 4.78 is 7.86. The summed E-state index contributed by atoms with van der Waals surface area (Å²) in [6.07, 6.45) is 1.15. The summed E-state index contributed by atoms with van der Waals surface area (Å²) in [4.78, 5) is 2.55. The second kappa shape index (κ2) is 8.48. The first-order valence-electron chi connectivity index (χ1n) is 8.22. The maximum atomic E-state index is 5.68. The lowest BCUT2D eigenvalue weighted by molar-refractivity contribution is 0.236. The lowest BCUT2D eigenvalue weighted by Crippen LogP contribution is -2.33. The molecule has 1 N–H and O–H groups in total. The van der Waals surface area contributed by atoms with Crippen molar-refractivity contribution in [2.45, 2.75) is 12.5 Å². The van der Waals surface area contributed by atoms with Crippen LogP contribution in [0.25, 0.3) is 0 Å². The van der Waals surface area contributed by atoms with Crippen molar-refractivity contribution in [2.75, 3.05) is 33.3 Å². The van der Waals surface area contributed by atoms with Crippen LogP contribution in [0.3, 0.4) is 0 Å². The Balaban J connectivity index is 2.09. The number of hydrogen-bond donors (Lipinski definition) is 1. The maximum absolute atomic E-state index is 5.68. The highest BCUT2D eigenvalue weighted by atomic mass is 79.9. The Morgan fingerprint density at radius 1 is 1.04 bits per heavy atom. The highest BCUT2D eigenvalue weighted by Crippen LogP contribution is 2.37. The summed E-state index contributed by atoms with van der Waals surface area (Å²) in [5, 5.41) is 3.49. The number of halogens is 2. The van der Waals surface area contributed by atoms with Gasteiger partial charge in [-0.05, 0) is 48.9 Å². The Morgan fingerprint density at radius 2 is 1.88 bits per heavy atom. The number of benzene rings is 2. The SMILES string of the molecule is COc1ccc(Br)cc1C(c1cccc(Br)c1)N1CCCNCC1. The standard InChI is InChI=1S/C19H22Br2N2O/c1-24-18-7-6-16(21)13-17(18)19(14-4-2-5-15(20)12-14)23-10-3-8-22-9-11-23/h2,4-7,12-13,19,22H,3,8-11H2,1H3. The van der Waals surface area contributed by atoms with Crippen LogP contribution in [-0.2, 0) is 0 Å². The van der Waals surface area contributed by atoms with Crippen molar-refractivity contribution in [3.05, 3.63) is 62.5 Å². The molecule has 3 nitrogen and oxygen atoms in total. The predicted octanol–water partition coefficient (Wildman–Crippen LogP) is 4.60. The molecule has 3 rings (SSSR count). The van der Waals surface area contributed by atoms with Crippen LogP contribution in [-0.4, -0.2) is 38.2 Å². The van der Waals surface area contributed by atoms with Crippen molar-refractivity contribution >= 4 is 31.9 Å². The van der Waals surface area contributed by atoms with Crippen molar-refractivity contribution in [2.24, 2.45) is 0 Å². The molecule has 5 heteroatoms. The summed E-state index contributed by atoms with van der Waals surface area (Å²) in [5.74, 6) is 0.931. The molecular formula is C19H22Br2N2O. The van der Waals surface area contributed by atoms with E-state index in [9.17, 15) is 0 Å². The van der Waals surface area contributed by atoms with Crippen LogP contribution in [0.15, 0.2) is 51.4 Å². The third-order valence-corrected chi connectivity index (χ3v) is 5.38. The number of methoxy groups -OCH3 is 1. The number of ether oxygens (including phenoxy) is 1. The summed E-state index contributed by atoms with van der Waals surface area (Å²) >= 11 is 7.25. The first-order valence-corrected chi connectivity index (χ1v) is 9.81. The lowest BCUT2D eigenvalue weighted by atomic mass is 9.96. The number of rotatable bonds is 4. The van der Waals surface area contributed by atoms with Crippen LogP contribution in [0.1, 0.15) is 23.6 Å². The van der Waals surface area contributed by atoms with Gasteiger partial charge >= 0.3 is 0 Å². The molecule has 2 aromatic rings. The zero-order chi connectivity index (χ0) is 16.9. The molecule has 2 aromatic carbocycles. The van der Waals surface area contributed by atoms with Crippen LogP contribution >= 0.6 is 31.9 Å². The van der Waals surface area contributed by atoms with Gasteiger partial charge in [-0.25, -0.2) is 0 Å². The van der Waals surface area contributed by atoms with E-state index in [1.807, 2.05) is 12.1 Å². The van der Waals surface area contributed by atoms with Crippen molar-refractivity contribution in [1.82, 2.24) is 10.2 Å². The topological polar surface area (TPSA) is 24.5 Å². The second-order valence-electron chi connectivity index (χ2n) is 5.98. The normalized spacial score (nSPS) is 17.3. The maximum Gasteiger partial charge on any atom is 0.124 e. The van der Waals surface area contributed by atoms with Gasteiger partial charge < -0.3 is 10.1 Å². The molecule has 128 valence electrons. The minimum absolute atomic E-state index is 0.176. The average molecular weight is 454 g/mol. The Bertz CT molecular complexity index is 685. The summed E-state index contributed by atoms with van der Waals surface area (Å²) in [6, 6.07) is 15.0. The third kappa shape index (κ3) is 4.20. The molecule has 0 aliphatic carbocycles. The molecule has 1 unspecified atom stereocenters. The third-order valence-electron chi connectivity index (χ3n) is 4.39. The van der Waals surface area contributed by atoms with E-state index in [4.69, 9.17) is 4.74 Å². The van der Waals surface area contributed by atoms with Crippen molar-refractivity contribution in [3.63, 3.8) is 0 Å². The van der Waals surface area contributed by atoms with Gasteiger partial charge in [0.25, 0.3) is 0 Å². The first-order chi connectivity index (χ1) is 11.7. The molecule has 0 saturated carbocycles. The fourth-order valence-corrected chi connectivity index (χ4v) is 4.10. The van der Waals surface area contributed by atoms with Crippen LogP contribution in [0.2, 0.25) is 0 Å². The largest absolute Gasteiger partial charge is 0.496 e. The minimum atomic E-state index is 0.176. The zero-order valence-electron chi connectivity index (χ0n) is 13.8. The number of nitrogens with zero attached hydrogens (tertiary/aromatic N) is 1. The smallest absolute Gasteiger partial charge is 0.124 e. The van der Waals surface area contributed by atoms with Crippen LogP contribution in [0.4, 0.5) is 0 Å². The Kier molecular flexibility index (Phi) is 6.33. The van der Waals surface area contributed by atoms with Crippen molar-refractivity contribution in [3.8, 4) is 5.75 Å². The van der Waals surface area contributed by atoms with E-state index in [0.717, 1.165) is 47.3 Å². The van der Waals surface area contributed by atoms with E-state index >= 15 is 0 Å². The van der Waals surface area contributed by atoms with Crippen LogP contribution in [0, 0.1) is 0 Å². The molecule has 1 aliphatic heterocycles. The van der Waals surface area contributed by atoms with Gasteiger partial charge in [-0.2, -0.15) is 0 Å². The Labute approximate surface area is 160 Å². The molecule has 1 fully saturated rings. The van der Waals surface area contributed by atoms with E-state index in [1.54, 1.807) is 7.11 Å². The van der Waals surface area contributed by atoms with Crippen molar-refractivity contribution in [1.29, 1.82) is 0 Å². The summed E-state index contributed by atoms with van der Waals surface area (Å²) in [7, 11) is 1.74. The van der Waals surface area contributed by atoms with Gasteiger partial charge in [0.2, 0.25) is 0 Å². The molecule has 1 heterocycles. The average Bonchev–Trinajstić information content (AvgIpc) is 2.85. The molecule has 0 radical (unpaired) electrons. The van der Waals surface area contributed by atoms with Gasteiger partial charge in [-0.1, -0.05) is 44.0 Å².